The predicted octanol–water partition coefficient (Wildman–Crippen LogP) is 4.68. The van der Waals surface area contributed by atoms with E-state index < -0.39 is 17.5 Å². The minimum absolute atomic E-state index is 0.0948. The summed E-state index contributed by atoms with van der Waals surface area (Å²) >= 11 is 2.44. The normalized spacial score (nSPS) is 14.9. The molecule has 11 heteroatoms. The zero-order valence-electron chi connectivity index (χ0n) is 18.6. The maximum atomic E-state index is 13.8. The van der Waals surface area contributed by atoms with Crippen LogP contribution in [0.1, 0.15) is 39.7 Å². The van der Waals surface area contributed by atoms with E-state index in [2.05, 4.69) is 27.1 Å². The summed E-state index contributed by atoms with van der Waals surface area (Å²) < 4.78 is 28.9. The van der Waals surface area contributed by atoms with Crippen LogP contribution in [0.3, 0.4) is 0 Å². The summed E-state index contributed by atoms with van der Waals surface area (Å²) in [5, 5.41) is 3.59. The van der Waals surface area contributed by atoms with Gasteiger partial charge in [-0.15, -0.1) is 0 Å². The summed E-state index contributed by atoms with van der Waals surface area (Å²) in [4.78, 5) is 37.0. The molecule has 3 heterocycles. The molecule has 1 aliphatic heterocycles. The van der Waals surface area contributed by atoms with E-state index in [0.717, 1.165) is 48.9 Å². The van der Waals surface area contributed by atoms with Gasteiger partial charge in [-0.1, -0.05) is 30.0 Å². The van der Waals surface area contributed by atoms with Crippen LogP contribution in [0.25, 0.3) is 10.3 Å². The first kappa shape index (κ1) is 23.6. The van der Waals surface area contributed by atoms with Gasteiger partial charge in [-0.3, -0.25) is 14.2 Å². The molecule has 2 aromatic heterocycles. The number of hydrogen-bond donors (Lipinski definition) is 1. The van der Waals surface area contributed by atoms with Crippen LogP contribution >= 0.6 is 23.1 Å². The van der Waals surface area contributed by atoms with E-state index in [9.17, 15) is 18.4 Å². The van der Waals surface area contributed by atoms with Crippen LogP contribution in [0.15, 0.2) is 28.2 Å². The number of aromatic nitrogens is 3. The Hall–Kier alpha value is -2.53. The Morgan fingerprint density at radius 3 is 2.67 bits per heavy atom. The maximum Gasteiger partial charge on any atom is 0.274 e. The number of piperidine rings is 1. The van der Waals surface area contributed by atoms with Crippen molar-refractivity contribution < 1.29 is 13.6 Å². The molecule has 33 heavy (non-hydrogen) atoms. The van der Waals surface area contributed by atoms with Crippen molar-refractivity contribution in [3.8, 4) is 0 Å². The number of fused-ring (bicyclic) bond motifs is 1. The molecule has 3 aromatic rings. The Kier molecular flexibility index (Phi) is 6.99. The third kappa shape index (κ3) is 5.19. The van der Waals surface area contributed by atoms with Gasteiger partial charge in [-0.25, -0.2) is 13.8 Å². The van der Waals surface area contributed by atoms with E-state index in [1.54, 1.807) is 4.57 Å². The number of hydrogen-bond acceptors (Lipinski definition) is 7. The Morgan fingerprint density at radius 1 is 1.27 bits per heavy atom. The summed E-state index contributed by atoms with van der Waals surface area (Å²) in [5.74, 6) is -1.47. The van der Waals surface area contributed by atoms with Crippen LogP contribution in [-0.2, 0) is 4.79 Å². The van der Waals surface area contributed by atoms with Crippen molar-refractivity contribution in [2.75, 3.05) is 29.1 Å². The number of nitrogens with one attached hydrogen (secondary N) is 1. The summed E-state index contributed by atoms with van der Waals surface area (Å²) in [5.41, 5.74) is 0.0891. The lowest BCUT2D eigenvalue weighted by atomic mass is 10.00. The average Bonchev–Trinajstić information content (AvgIpc) is 3.19. The average molecular weight is 494 g/mol. The molecule has 176 valence electrons. The molecule has 0 unspecified atom stereocenters. The first-order chi connectivity index (χ1) is 15.7. The standard InChI is InChI=1S/C22H25F2N5O2S2/c1-12(2)29-20(31)18-19(26-21(33-18)28-8-6-13(3)7-9-28)27-22(29)32-11-17(30)25-16-5-4-14(23)10-15(16)24/h4-5,10,12-13H,6-9,11H2,1-3H3,(H,25,30). The van der Waals surface area contributed by atoms with E-state index in [-0.39, 0.29) is 23.0 Å². The largest absolute Gasteiger partial charge is 0.348 e. The maximum absolute atomic E-state index is 13.8. The zero-order valence-corrected chi connectivity index (χ0v) is 20.2. The van der Waals surface area contributed by atoms with Crippen molar-refractivity contribution in [3.63, 3.8) is 0 Å². The smallest absolute Gasteiger partial charge is 0.274 e. The molecular weight excluding hydrogens is 468 g/mol. The summed E-state index contributed by atoms with van der Waals surface area (Å²) in [6.45, 7) is 7.80. The summed E-state index contributed by atoms with van der Waals surface area (Å²) in [7, 11) is 0. The molecular formula is C22H25F2N5O2S2. The van der Waals surface area contributed by atoms with Crippen molar-refractivity contribution in [2.45, 2.75) is 44.8 Å². The number of anilines is 2. The fourth-order valence-corrected chi connectivity index (χ4v) is 5.57. The van der Waals surface area contributed by atoms with Gasteiger partial charge in [0.1, 0.15) is 16.3 Å². The molecule has 1 amide bonds. The molecule has 4 rings (SSSR count). The van der Waals surface area contributed by atoms with E-state index in [1.165, 1.54) is 17.4 Å². The fourth-order valence-electron chi connectivity index (χ4n) is 3.66. The Labute approximate surface area is 198 Å². The SMILES string of the molecule is CC1CCN(c2nc3nc(SCC(=O)Nc4ccc(F)cc4F)n(C(C)C)c(=O)c3s2)CC1. The van der Waals surface area contributed by atoms with Gasteiger partial charge in [-0.2, -0.15) is 4.98 Å². The van der Waals surface area contributed by atoms with Crippen molar-refractivity contribution in [2.24, 2.45) is 5.92 Å². The van der Waals surface area contributed by atoms with Crippen molar-refractivity contribution in [1.29, 1.82) is 0 Å². The van der Waals surface area contributed by atoms with E-state index in [4.69, 9.17) is 0 Å². The van der Waals surface area contributed by atoms with E-state index >= 15 is 0 Å². The second kappa shape index (κ2) is 9.76. The molecule has 1 aromatic carbocycles. The number of carbonyl (C=O) groups is 1. The first-order valence-electron chi connectivity index (χ1n) is 10.8. The third-order valence-corrected chi connectivity index (χ3v) is 7.57. The lowest BCUT2D eigenvalue weighted by Crippen LogP contribution is -2.32. The highest BCUT2D eigenvalue weighted by Crippen LogP contribution is 2.31. The third-order valence-electron chi connectivity index (χ3n) is 5.53. The van der Waals surface area contributed by atoms with Crippen LogP contribution in [0.5, 0.6) is 0 Å². The molecule has 1 fully saturated rings. The van der Waals surface area contributed by atoms with Crippen LogP contribution in [0.2, 0.25) is 0 Å². The molecule has 1 N–H and O–H groups in total. The molecule has 7 nitrogen and oxygen atoms in total. The van der Waals surface area contributed by atoms with Gasteiger partial charge in [-0.05, 0) is 44.7 Å². The number of halogens is 2. The molecule has 0 saturated carbocycles. The summed E-state index contributed by atoms with van der Waals surface area (Å²) in [6.07, 6.45) is 2.18. The second-order valence-electron chi connectivity index (χ2n) is 8.44. The van der Waals surface area contributed by atoms with Gasteiger partial charge in [0.05, 0.1) is 11.4 Å². The first-order valence-corrected chi connectivity index (χ1v) is 12.6. The quantitative estimate of drug-likeness (QED) is 0.397. The van der Waals surface area contributed by atoms with Crippen molar-refractivity contribution >= 4 is 50.2 Å². The Morgan fingerprint density at radius 2 is 2.00 bits per heavy atom. The highest BCUT2D eigenvalue weighted by molar-refractivity contribution is 7.99. The topological polar surface area (TPSA) is 80.1 Å². The van der Waals surface area contributed by atoms with Gasteiger partial charge in [0.15, 0.2) is 15.9 Å². The number of amides is 1. The lowest BCUT2D eigenvalue weighted by Gasteiger charge is -2.29. The van der Waals surface area contributed by atoms with Crippen LogP contribution in [-0.4, -0.2) is 39.3 Å². The Bertz CT molecular complexity index is 1240. The predicted molar refractivity (Wildman–Crippen MR) is 128 cm³/mol. The molecule has 0 radical (unpaired) electrons. The van der Waals surface area contributed by atoms with Gasteiger partial charge in [0, 0.05) is 25.2 Å². The number of benzene rings is 1. The van der Waals surface area contributed by atoms with Crippen LogP contribution < -0.4 is 15.8 Å². The Balaban J connectivity index is 1.56. The molecule has 0 aliphatic carbocycles. The molecule has 0 spiro atoms. The van der Waals surface area contributed by atoms with Crippen molar-refractivity contribution in [1.82, 2.24) is 14.5 Å². The molecule has 0 atom stereocenters. The molecule has 0 bridgehead atoms. The molecule has 1 aliphatic rings. The summed E-state index contributed by atoms with van der Waals surface area (Å²) in [6, 6.07) is 2.77. The minimum Gasteiger partial charge on any atom is -0.348 e. The number of thiazole rings is 1. The number of thioether (sulfide) groups is 1. The minimum atomic E-state index is -0.853. The fraction of sp³-hybridized carbons (Fsp3) is 0.455. The monoisotopic (exact) mass is 493 g/mol. The zero-order chi connectivity index (χ0) is 23.7. The van der Waals surface area contributed by atoms with Gasteiger partial charge < -0.3 is 10.2 Å². The number of rotatable bonds is 6. The highest BCUT2D eigenvalue weighted by atomic mass is 32.2. The second-order valence-corrected chi connectivity index (χ2v) is 10.4. The van der Waals surface area contributed by atoms with Crippen LogP contribution in [0.4, 0.5) is 19.6 Å². The van der Waals surface area contributed by atoms with E-state index in [1.807, 2.05) is 13.8 Å². The van der Waals surface area contributed by atoms with Gasteiger partial charge in [0.25, 0.3) is 5.56 Å². The highest BCUT2D eigenvalue weighted by Gasteiger charge is 2.23. The van der Waals surface area contributed by atoms with E-state index in [0.29, 0.717) is 27.5 Å². The number of nitrogens with zero attached hydrogens (tertiary/aromatic N) is 4. The molecule has 1 saturated heterocycles. The van der Waals surface area contributed by atoms with Crippen molar-refractivity contribution in [3.05, 3.63) is 40.2 Å². The lowest BCUT2D eigenvalue weighted by molar-refractivity contribution is -0.113. The van der Waals surface area contributed by atoms with Gasteiger partial charge >= 0.3 is 0 Å². The number of carbonyl (C=O) groups excluding carboxylic acids is 1. The van der Waals surface area contributed by atoms with Crippen LogP contribution in [0, 0.1) is 17.6 Å². The van der Waals surface area contributed by atoms with Gasteiger partial charge in [0.2, 0.25) is 5.91 Å².